The largest absolute Gasteiger partial charge is 0.396 e. The summed E-state index contributed by atoms with van der Waals surface area (Å²) in [4.78, 5) is 3.79. The van der Waals surface area contributed by atoms with Crippen LogP contribution in [0.5, 0.6) is 0 Å². The molecule has 2 aromatic rings. The fraction of sp³-hybridized carbons (Fsp3) is 0.250. The first-order valence-electron chi connectivity index (χ1n) is 6.02. The highest BCUT2D eigenvalue weighted by Crippen LogP contribution is 2.26. The number of nitrogens with two attached hydrogens (primary N) is 1. The van der Waals surface area contributed by atoms with Gasteiger partial charge in [0.2, 0.25) is 10.0 Å². The SMILES string of the molecule is CC(Cn1ccnc1)NS(=O)(=O)c1cc(N)c(F)cc1Br. The maximum atomic E-state index is 13.3. The van der Waals surface area contributed by atoms with Gasteiger partial charge in [-0.05, 0) is 35.0 Å². The van der Waals surface area contributed by atoms with E-state index in [0.717, 1.165) is 12.1 Å². The van der Waals surface area contributed by atoms with Crippen LogP contribution in [0.2, 0.25) is 0 Å². The number of nitrogen functional groups attached to an aromatic ring is 1. The zero-order valence-corrected chi connectivity index (χ0v) is 13.5. The van der Waals surface area contributed by atoms with Crippen molar-refractivity contribution in [1.29, 1.82) is 0 Å². The van der Waals surface area contributed by atoms with E-state index in [4.69, 9.17) is 5.73 Å². The van der Waals surface area contributed by atoms with Gasteiger partial charge < -0.3 is 10.3 Å². The van der Waals surface area contributed by atoms with Crippen LogP contribution in [-0.2, 0) is 16.6 Å². The van der Waals surface area contributed by atoms with Gasteiger partial charge in [-0.1, -0.05) is 0 Å². The number of rotatable bonds is 5. The monoisotopic (exact) mass is 376 g/mol. The lowest BCUT2D eigenvalue weighted by molar-refractivity contribution is 0.520. The number of hydrogen-bond acceptors (Lipinski definition) is 4. The molecule has 0 aliphatic heterocycles. The highest BCUT2D eigenvalue weighted by Gasteiger charge is 2.22. The summed E-state index contributed by atoms with van der Waals surface area (Å²) in [5.41, 5.74) is 5.20. The van der Waals surface area contributed by atoms with E-state index in [1.807, 2.05) is 0 Å². The molecule has 0 radical (unpaired) electrons. The molecule has 0 bridgehead atoms. The molecule has 0 saturated heterocycles. The normalized spacial score (nSPS) is 13.3. The van der Waals surface area contributed by atoms with Crippen LogP contribution in [0.1, 0.15) is 6.92 Å². The molecule has 0 saturated carbocycles. The topological polar surface area (TPSA) is 90.0 Å². The molecule has 21 heavy (non-hydrogen) atoms. The minimum Gasteiger partial charge on any atom is -0.396 e. The van der Waals surface area contributed by atoms with Crippen molar-refractivity contribution in [2.24, 2.45) is 0 Å². The Labute approximate surface area is 130 Å². The predicted octanol–water partition coefficient (Wildman–Crippen LogP) is 1.73. The standard InChI is InChI=1S/C12H14BrFN4O2S/c1-8(6-18-3-2-16-7-18)17-21(19,20)12-5-11(15)10(14)4-9(12)13/h2-5,7-8,17H,6,15H2,1H3. The average molecular weight is 377 g/mol. The summed E-state index contributed by atoms with van der Waals surface area (Å²) >= 11 is 3.04. The van der Waals surface area contributed by atoms with Gasteiger partial charge in [0.25, 0.3) is 0 Å². The van der Waals surface area contributed by atoms with Crippen LogP contribution < -0.4 is 10.5 Å². The Morgan fingerprint density at radius 2 is 2.24 bits per heavy atom. The third kappa shape index (κ3) is 3.80. The number of aromatic nitrogens is 2. The second kappa shape index (κ2) is 6.12. The molecule has 0 spiro atoms. The molecule has 1 unspecified atom stereocenters. The van der Waals surface area contributed by atoms with Crippen LogP contribution in [-0.4, -0.2) is 24.0 Å². The van der Waals surface area contributed by atoms with Crippen LogP contribution in [0.15, 0.2) is 40.2 Å². The second-order valence-corrected chi connectivity index (χ2v) is 7.12. The summed E-state index contributed by atoms with van der Waals surface area (Å²) < 4.78 is 42.3. The molecule has 1 heterocycles. The molecule has 0 aliphatic rings. The second-order valence-electron chi connectivity index (χ2n) is 4.59. The third-order valence-corrected chi connectivity index (χ3v) is 5.29. The quantitative estimate of drug-likeness (QED) is 0.777. The Morgan fingerprint density at radius 3 is 2.86 bits per heavy atom. The van der Waals surface area contributed by atoms with Crippen LogP contribution in [0.3, 0.4) is 0 Å². The summed E-state index contributed by atoms with van der Waals surface area (Å²) in [6.45, 7) is 2.14. The number of sulfonamides is 1. The van der Waals surface area contributed by atoms with Gasteiger partial charge in [-0.25, -0.2) is 22.5 Å². The lowest BCUT2D eigenvalue weighted by Gasteiger charge is -2.16. The first kappa shape index (κ1) is 15.9. The predicted molar refractivity (Wildman–Crippen MR) is 80.5 cm³/mol. The number of halogens is 2. The van der Waals surface area contributed by atoms with Crippen LogP contribution in [0.4, 0.5) is 10.1 Å². The number of imidazole rings is 1. The van der Waals surface area contributed by atoms with Crippen LogP contribution in [0, 0.1) is 5.82 Å². The van der Waals surface area contributed by atoms with Crippen molar-refractivity contribution in [1.82, 2.24) is 14.3 Å². The smallest absolute Gasteiger partial charge is 0.242 e. The van der Waals surface area contributed by atoms with Gasteiger partial charge >= 0.3 is 0 Å². The molecule has 9 heteroatoms. The summed E-state index contributed by atoms with van der Waals surface area (Å²) in [5.74, 6) is -0.674. The molecule has 2 rings (SSSR count). The molecule has 114 valence electrons. The maximum Gasteiger partial charge on any atom is 0.242 e. The van der Waals surface area contributed by atoms with E-state index in [-0.39, 0.29) is 21.1 Å². The molecule has 1 aromatic carbocycles. The number of hydrogen-bond donors (Lipinski definition) is 2. The van der Waals surface area contributed by atoms with E-state index >= 15 is 0 Å². The van der Waals surface area contributed by atoms with Crippen LogP contribution in [0.25, 0.3) is 0 Å². The van der Waals surface area contributed by atoms with Crippen molar-refractivity contribution in [3.63, 3.8) is 0 Å². The fourth-order valence-electron chi connectivity index (χ4n) is 1.83. The van der Waals surface area contributed by atoms with Gasteiger partial charge in [0.15, 0.2) is 0 Å². The number of nitrogens with one attached hydrogen (secondary N) is 1. The maximum absolute atomic E-state index is 13.3. The van der Waals surface area contributed by atoms with Crippen molar-refractivity contribution in [3.8, 4) is 0 Å². The fourth-order valence-corrected chi connectivity index (χ4v) is 4.11. The van der Waals surface area contributed by atoms with Gasteiger partial charge in [-0.2, -0.15) is 0 Å². The van der Waals surface area contributed by atoms with Gasteiger partial charge in [-0.3, -0.25) is 0 Å². The summed E-state index contributed by atoms with van der Waals surface area (Å²) in [5, 5.41) is 0. The Bertz CT molecular complexity index is 734. The molecule has 6 nitrogen and oxygen atoms in total. The minimum atomic E-state index is -3.81. The third-order valence-electron chi connectivity index (χ3n) is 2.74. The number of anilines is 1. The van der Waals surface area contributed by atoms with Crippen molar-refractivity contribution >= 4 is 31.6 Å². The van der Waals surface area contributed by atoms with Gasteiger partial charge in [0, 0.05) is 29.5 Å². The number of benzene rings is 1. The lowest BCUT2D eigenvalue weighted by Crippen LogP contribution is -2.35. The van der Waals surface area contributed by atoms with Crippen molar-refractivity contribution < 1.29 is 12.8 Å². The van der Waals surface area contributed by atoms with E-state index < -0.39 is 15.8 Å². The minimum absolute atomic E-state index is 0.0983. The highest BCUT2D eigenvalue weighted by atomic mass is 79.9. The molecule has 0 amide bonds. The van der Waals surface area contributed by atoms with Gasteiger partial charge in [0.1, 0.15) is 5.82 Å². The average Bonchev–Trinajstić information content (AvgIpc) is 2.85. The molecule has 0 aliphatic carbocycles. The van der Waals surface area contributed by atoms with Crippen molar-refractivity contribution in [3.05, 3.63) is 41.1 Å². The van der Waals surface area contributed by atoms with E-state index in [2.05, 4.69) is 25.6 Å². The first-order chi connectivity index (χ1) is 9.79. The lowest BCUT2D eigenvalue weighted by atomic mass is 10.3. The van der Waals surface area contributed by atoms with E-state index in [1.54, 1.807) is 30.2 Å². The molecule has 1 aromatic heterocycles. The zero-order chi connectivity index (χ0) is 15.6. The summed E-state index contributed by atoms with van der Waals surface area (Å²) in [6, 6.07) is 1.75. The first-order valence-corrected chi connectivity index (χ1v) is 8.30. The zero-order valence-electron chi connectivity index (χ0n) is 11.1. The summed E-state index contributed by atoms with van der Waals surface area (Å²) in [7, 11) is -3.81. The van der Waals surface area contributed by atoms with E-state index in [9.17, 15) is 12.8 Å². The molecular weight excluding hydrogens is 363 g/mol. The molecule has 0 fully saturated rings. The Hall–Kier alpha value is -1.45. The van der Waals surface area contributed by atoms with Gasteiger partial charge in [0.05, 0.1) is 16.9 Å². The van der Waals surface area contributed by atoms with Crippen LogP contribution >= 0.6 is 15.9 Å². The highest BCUT2D eigenvalue weighted by molar-refractivity contribution is 9.10. The van der Waals surface area contributed by atoms with E-state index in [0.29, 0.717) is 6.54 Å². The van der Waals surface area contributed by atoms with Crippen molar-refractivity contribution in [2.75, 3.05) is 5.73 Å². The Morgan fingerprint density at radius 1 is 1.52 bits per heavy atom. The molecule has 3 N–H and O–H groups in total. The molecular formula is C12H14BrFN4O2S. The number of nitrogens with zero attached hydrogens (tertiary/aromatic N) is 2. The van der Waals surface area contributed by atoms with Crippen molar-refractivity contribution in [2.45, 2.75) is 24.4 Å². The molecule has 1 atom stereocenters. The summed E-state index contributed by atoms with van der Waals surface area (Å²) in [6.07, 6.45) is 4.94. The Kier molecular flexibility index (Phi) is 4.64. The van der Waals surface area contributed by atoms with Gasteiger partial charge in [-0.15, -0.1) is 0 Å². The Balaban J connectivity index is 2.20. The van der Waals surface area contributed by atoms with E-state index in [1.165, 1.54) is 0 Å².